The number of aromatic nitrogens is 1. The molecule has 1 aliphatic rings. The van der Waals surface area contributed by atoms with Crippen molar-refractivity contribution in [3.63, 3.8) is 0 Å². The minimum atomic E-state index is -1.10. The largest absolute Gasteiger partial charge is 0.480 e. The summed E-state index contributed by atoms with van der Waals surface area (Å²) in [5.74, 6) is -1.75. The van der Waals surface area contributed by atoms with Gasteiger partial charge >= 0.3 is 5.97 Å². The second-order valence-corrected chi connectivity index (χ2v) is 4.15. The maximum atomic E-state index is 11.6. The molecule has 6 nitrogen and oxygen atoms in total. The van der Waals surface area contributed by atoms with Gasteiger partial charge in [0.1, 0.15) is 6.04 Å². The summed E-state index contributed by atoms with van der Waals surface area (Å²) in [4.78, 5) is 38.9. The molecule has 18 heavy (non-hydrogen) atoms. The summed E-state index contributed by atoms with van der Waals surface area (Å²) in [7, 11) is 0. The van der Waals surface area contributed by atoms with Crippen LogP contribution in [-0.4, -0.2) is 45.2 Å². The zero-order valence-corrected chi connectivity index (χ0v) is 9.57. The number of pyridine rings is 1. The van der Waals surface area contributed by atoms with Gasteiger partial charge in [-0.1, -0.05) is 0 Å². The molecule has 0 saturated carbocycles. The van der Waals surface area contributed by atoms with Gasteiger partial charge < -0.3 is 10.0 Å². The number of Topliss-reactive ketones (excluding diaryl/α,β-unsaturated/α-hetero) is 1. The van der Waals surface area contributed by atoms with E-state index in [1.807, 2.05) is 0 Å². The van der Waals surface area contributed by atoms with E-state index in [1.165, 1.54) is 0 Å². The van der Waals surface area contributed by atoms with Crippen LogP contribution in [0.2, 0.25) is 0 Å². The van der Waals surface area contributed by atoms with Gasteiger partial charge in [0.15, 0.2) is 5.78 Å². The number of carboxylic acids is 1. The summed E-state index contributed by atoms with van der Waals surface area (Å²) in [5.41, 5.74) is 0.768. The van der Waals surface area contributed by atoms with E-state index in [4.69, 9.17) is 0 Å². The van der Waals surface area contributed by atoms with Crippen molar-refractivity contribution in [1.82, 2.24) is 9.88 Å². The molecule has 0 aromatic carbocycles. The Kier molecular flexibility index (Phi) is 3.36. The molecule has 2 heterocycles. The second-order valence-electron chi connectivity index (χ2n) is 4.15. The minimum Gasteiger partial charge on any atom is -0.480 e. The molecule has 1 saturated heterocycles. The van der Waals surface area contributed by atoms with E-state index in [1.54, 1.807) is 24.5 Å². The molecule has 1 N–H and O–H groups in total. The third-order valence-corrected chi connectivity index (χ3v) is 2.86. The van der Waals surface area contributed by atoms with Crippen LogP contribution in [0, 0.1) is 0 Å². The Morgan fingerprint density at radius 3 is 2.56 bits per heavy atom. The first-order chi connectivity index (χ1) is 8.58. The van der Waals surface area contributed by atoms with Gasteiger partial charge in [-0.25, -0.2) is 4.79 Å². The van der Waals surface area contributed by atoms with Crippen molar-refractivity contribution in [2.75, 3.05) is 6.54 Å². The quantitative estimate of drug-likeness (QED) is 0.750. The Balaban J connectivity index is 2.17. The van der Waals surface area contributed by atoms with Crippen molar-refractivity contribution in [2.24, 2.45) is 0 Å². The van der Waals surface area contributed by atoms with Crippen molar-refractivity contribution in [2.45, 2.75) is 18.9 Å². The Hall–Kier alpha value is -2.24. The molecule has 1 fully saturated rings. The predicted octanol–water partition coefficient (Wildman–Crippen LogP) is -0.121. The van der Waals surface area contributed by atoms with Crippen molar-refractivity contribution >= 4 is 17.7 Å². The normalized spacial score (nSPS) is 17.0. The van der Waals surface area contributed by atoms with Gasteiger partial charge in [-0.15, -0.1) is 0 Å². The fraction of sp³-hybridized carbons (Fsp3) is 0.333. The first-order valence-corrected chi connectivity index (χ1v) is 5.51. The number of aliphatic carboxylic acids is 1. The molecule has 1 unspecified atom stereocenters. The van der Waals surface area contributed by atoms with Gasteiger partial charge in [0.25, 0.3) is 0 Å². The fourth-order valence-electron chi connectivity index (χ4n) is 1.96. The van der Waals surface area contributed by atoms with Gasteiger partial charge in [0, 0.05) is 18.8 Å². The lowest BCUT2D eigenvalue weighted by Gasteiger charge is -2.23. The van der Waals surface area contributed by atoms with Crippen LogP contribution in [-0.2, 0) is 20.8 Å². The average Bonchev–Trinajstić information content (AvgIpc) is 2.66. The number of amides is 1. The molecule has 2 rings (SSSR count). The molecule has 0 spiro atoms. The zero-order valence-electron chi connectivity index (χ0n) is 9.57. The van der Waals surface area contributed by atoms with E-state index in [9.17, 15) is 19.5 Å². The van der Waals surface area contributed by atoms with Crippen LogP contribution in [0.25, 0.3) is 0 Å². The van der Waals surface area contributed by atoms with Gasteiger partial charge in [0.2, 0.25) is 5.91 Å². The maximum absolute atomic E-state index is 11.6. The molecular formula is C12H12N2O4. The summed E-state index contributed by atoms with van der Waals surface area (Å²) in [6.45, 7) is -0.110. The summed E-state index contributed by atoms with van der Waals surface area (Å²) in [5, 5.41) is 9.18. The van der Waals surface area contributed by atoms with E-state index in [0.717, 1.165) is 10.5 Å². The predicted molar refractivity (Wildman–Crippen MR) is 60.7 cm³/mol. The Morgan fingerprint density at radius 2 is 2.06 bits per heavy atom. The average molecular weight is 248 g/mol. The van der Waals surface area contributed by atoms with Crippen molar-refractivity contribution in [3.8, 4) is 0 Å². The molecule has 0 bridgehead atoms. The third kappa shape index (κ3) is 2.53. The lowest BCUT2D eigenvalue weighted by atomic mass is 10.1. The highest BCUT2D eigenvalue weighted by Crippen LogP contribution is 2.15. The maximum Gasteiger partial charge on any atom is 0.326 e. The van der Waals surface area contributed by atoms with E-state index in [2.05, 4.69) is 4.98 Å². The van der Waals surface area contributed by atoms with Crippen LogP contribution in [0.1, 0.15) is 12.0 Å². The van der Waals surface area contributed by atoms with Gasteiger partial charge in [-0.05, 0) is 17.7 Å². The first-order valence-electron chi connectivity index (χ1n) is 5.51. The molecule has 1 atom stereocenters. The Morgan fingerprint density at radius 1 is 1.39 bits per heavy atom. The lowest BCUT2D eigenvalue weighted by molar-refractivity contribution is -0.148. The van der Waals surface area contributed by atoms with Crippen molar-refractivity contribution < 1.29 is 19.5 Å². The third-order valence-electron chi connectivity index (χ3n) is 2.86. The molecule has 6 heteroatoms. The topological polar surface area (TPSA) is 87.6 Å². The molecule has 94 valence electrons. The smallest absolute Gasteiger partial charge is 0.326 e. The molecule has 1 aromatic heterocycles. The number of carbonyl (C=O) groups is 3. The minimum absolute atomic E-state index is 0.110. The summed E-state index contributed by atoms with van der Waals surface area (Å²) in [6.07, 6.45) is 3.10. The molecule has 1 aliphatic heterocycles. The summed E-state index contributed by atoms with van der Waals surface area (Å²) < 4.78 is 0. The zero-order chi connectivity index (χ0) is 13.1. The van der Waals surface area contributed by atoms with E-state index in [0.29, 0.717) is 0 Å². The summed E-state index contributed by atoms with van der Waals surface area (Å²) in [6, 6.07) is 2.39. The first kappa shape index (κ1) is 12.2. The number of carboxylic acid groups (broad SMARTS) is 1. The number of likely N-dealkylation sites (tertiary alicyclic amines) is 1. The molecular weight excluding hydrogens is 236 g/mol. The Labute approximate surface area is 103 Å². The van der Waals surface area contributed by atoms with Crippen LogP contribution in [0.5, 0.6) is 0 Å². The number of hydrogen-bond donors (Lipinski definition) is 1. The highest BCUT2D eigenvalue weighted by molar-refractivity contribution is 6.06. The molecule has 0 radical (unpaired) electrons. The highest BCUT2D eigenvalue weighted by Gasteiger charge is 2.36. The Bertz CT molecular complexity index is 486. The van der Waals surface area contributed by atoms with Crippen molar-refractivity contribution in [1.29, 1.82) is 0 Å². The SMILES string of the molecule is O=C1CC(=O)N(C(Cc2ccncc2)C(=O)O)C1. The molecule has 1 amide bonds. The number of rotatable bonds is 4. The van der Waals surface area contributed by atoms with E-state index < -0.39 is 17.9 Å². The lowest BCUT2D eigenvalue weighted by Crippen LogP contribution is -2.43. The fourth-order valence-corrected chi connectivity index (χ4v) is 1.96. The van der Waals surface area contributed by atoms with Crippen LogP contribution < -0.4 is 0 Å². The highest BCUT2D eigenvalue weighted by atomic mass is 16.4. The van der Waals surface area contributed by atoms with Crippen LogP contribution >= 0.6 is 0 Å². The standard InChI is InChI=1S/C12H12N2O4/c15-9-6-11(16)14(7-9)10(12(17)18)5-8-1-3-13-4-2-8/h1-4,10H,5-7H2,(H,17,18). The number of nitrogens with zero attached hydrogens (tertiary/aromatic N) is 2. The summed E-state index contributed by atoms with van der Waals surface area (Å²) >= 11 is 0. The van der Waals surface area contributed by atoms with Crippen LogP contribution in [0.4, 0.5) is 0 Å². The van der Waals surface area contributed by atoms with Crippen LogP contribution in [0.15, 0.2) is 24.5 Å². The van der Waals surface area contributed by atoms with Crippen LogP contribution in [0.3, 0.4) is 0 Å². The second kappa shape index (κ2) is 4.95. The number of ketones is 1. The number of hydrogen-bond acceptors (Lipinski definition) is 4. The van der Waals surface area contributed by atoms with Gasteiger partial charge in [0.05, 0.1) is 13.0 Å². The van der Waals surface area contributed by atoms with E-state index >= 15 is 0 Å². The molecule has 0 aliphatic carbocycles. The number of carbonyl (C=O) groups excluding carboxylic acids is 2. The van der Waals surface area contributed by atoms with E-state index in [-0.39, 0.29) is 25.2 Å². The van der Waals surface area contributed by atoms with Gasteiger partial charge in [-0.3, -0.25) is 14.6 Å². The molecule has 1 aromatic rings. The van der Waals surface area contributed by atoms with Gasteiger partial charge in [-0.2, -0.15) is 0 Å². The monoisotopic (exact) mass is 248 g/mol. The van der Waals surface area contributed by atoms with Crippen molar-refractivity contribution in [3.05, 3.63) is 30.1 Å².